The second-order valence-electron chi connectivity index (χ2n) is 16.6. The Hall–Kier alpha value is -1.11. The number of fused-ring (bicyclic) bond motifs is 4. The van der Waals surface area contributed by atoms with Crippen LogP contribution in [0.25, 0.3) is 0 Å². The van der Waals surface area contributed by atoms with Crippen LogP contribution in [-0.4, -0.2) is 97.3 Å². The molecule has 0 bridgehead atoms. The van der Waals surface area contributed by atoms with Crippen LogP contribution >= 0.6 is 0 Å². The number of aliphatic carboxylic acids is 1. The van der Waals surface area contributed by atoms with E-state index in [9.17, 15) is 40.5 Å². The van der Waals surface area contributed by atoms with E-state index in [2.05, 4.69) is 34.6 Å². The highest BCUT2D eigenvalue weighted by Crippen LogP contribution is 2.68. The number of hydrogen-bond acceptors (Lipinski definition) is 9. The Labute approximate surface area is 274 Å². The van der Waals surface area contributed by atoms with Crippen LogP contribution in [-0.2, 0) is 14.3 Å². The van der Waals surface area contributed by atoms with Gasteiger partial charge in [-0.3, -0.25) is 4.79 Å². The highest BCUT2D eigenvalue weighted by molar-refractivity contribution is 5.76. The van der Waals surface area contributed by atoms with Crippen LogP contribution in [0.15, 0.2) is 11.1 Å². The first-order valence-corrected chi connectivity index (χ1v) is 17.7. The summed E-state index contributed by atoms with van der Waals surface area (Å²) in [7, 11) is 0. The Morgan fingerprint density at radius 1 is 0.913 bits per heavy atom. The minimum Gasteiger partial charge on any atom is -0.481 e. The van der Waals surface area contributed by atoms with E-state index >= 15 is 0 Å². The topological polar surface area (TPSA) is 177 Å². The molecule has 264 valence electrons. The van der Waals surface area contributed by atoms with Gasteiger partial charge in [-0.15, -0.1) is 0 Å². The third kappa shape index (κ3) is 5.51. The molecule has 1 heterocycles. The monoisotopic (exact) mass is 652 g/mol. The number of rotatable bonds is 9. The Morgan fingerprint density at radius 2 is 1.59 bits per heavy atom. The standard InChI is InChI=1S/C36H60O10/c1-17(2)18(3)27(38)28(39)19(4)21-9-10-22-20-8-11-25-35(6,23(20)12-14-34(21,22)5)15-13-26(36(25,7)33(43)44)46-32-31(42)30(41)29(40)24(16-37)45-32/h17-19,21-22,24-32,37-42H,8-16H2,1-7H3,(H,43,44)/t18-,19-,21+,22-,24+,25+,26-,27+,28-,29+,30-,31+,32-,34+,35+,36+/m0/s1. The van der Waals surface area contributed by atoms with Gasteiger partial charge in [-0.25, -0.2) is 0 Å². The van der Waals surface area contributed by atoms with Crippen molar-refractivity contribution in [2.75, 3.05) is 6.61 Å². The fourth-order valence-corrected chi connectivity index (χ4v) is 11.0. The molecular weight excluding hydrogens is 592 g/mol. The zero-order valence-corrected chi connectivity index (χ0v) is 28.8. The van der Waals surface area contributed by atoms with Gasteiger partial charge in [-0.1, -0.05) is 52.7 Å². The maximum atomic E-state index is 13.2. The molecule has 2 saturated carbocycles. The second-order valence-corrected chi connectivity index (χ2v) is 16.6. The lowest BCUT2D eigenvalue weighted by Gasteiger charge is -2.60. The molecule has 10 heteroatoms. The Morgan fingerprint density at radius 3 is 2.20 bits per heavy atom. The van der Waals surface area contributed by atoms with E-state index in [0.717, 1.165) is 32.1 Å². The maximum Gasteiger partial charge on any atom is 0.312 e. The molecule has 5 rings (SSSR count). The second kappa shape index (κ2) is 13.0. The van der Waals surface area contributed by atoms with Gasteiger partial charge >= 0.3 is 5.97 Å². The molecule has 0 radical (unpaired) electrons. The van der Waals surface area contributed by atoms with Crippen LogP contribution in [0.1, 0.15) is 99.8 Å². The van der Waals surface area contributed by atoms with Crippen LogP contribution in [0, 0.1) is 51.8 Å². The van der Waals surface area contributed by atoms with Gasteiger partial charge in [-0.05, 0) is 105 Å². The first-order chi connectivity index (χ1) is 21.4. The van der Waals surface area contributed by atoms with Crippen molar-refractivity contribution in [2.24, 2.45) is 51.8 Å². The summed E-state index contributed by atoms with van der Waals surface area (Å²) in [5, 5.41) is 74.0. The van der Waals surface area contributed by atoms with Crippen molar-refractivity contribution < 1.29 is 50.0 Å². The number of hydrogen-bond donors (Lipinski definition) is 7. The molecule has 4 aliphatic carbocycles. The number of carboxylic acids is 1. The summed E-state index contributed by atoms with van der Waals surface area (Å²) in [4.78, 5) is 13.2. The van der Waals surface area contributed by atoms with Gasteiger partial charge in [0.05, 0.1) is 30.3 Å². The molecule has 46 heavy (non-hydrogen) atoms. The third-order valence-corrected chi connectivity index (χ3v) is 14.3. The van der Waals surface area contributed by atoms with Crippen molar-refractivity contribution in [1.82, 2.24) is 0 Å². The average molecular weight is 653 g/mol. The maximum absolute atomic E-state index is 13.2. The molecule has 1 saturated heterocycles. The van der Waals surface area contributed by atoms with Crippen LogP contribution < -0.4 is 0 Å². The number of aliphatic hydroxyl groups excluding tert-OH is 6. The van der Waals surface area contributed by atoms with E-state index in [1.807, 2.05) is 6.92 Å². The van der Waals surface area contributed by atoms with Gasteiger partial charge < -0.3 is 45.2 Å². The first-order valence-electron chi connectivity index (χ1n) is 17.7. The summed E-state index contributed by atoms with van der Waals surface area (Å²) in [5.41, 5.74) is 1.23. The quantitative estimate of drug-likeness (QED) is 0.183. The van der Waals surface area contributed by atoms with E-state index in [1.165, 1.54) is 11.1 Å². The molecule has 16 atom stereocenters. The van der Waals surface area contributed by atoms with Crippen molar-refractivity contribution in [2.45, 2.75) is 149 Å². The highest BCUT2D eigenvalue weighted by Gasteiger charge is 2.64. The van der Waals surface area contributed by atoms with E-state index in [-0.39, 0.29) is 40.4 Å². The zero-order chi connectivity index (χ0) is 34.1. The molecule has 3 fully saturated rings. The van der Waals surface area contributed by atoms with Crippen molar-refractivity contribution in [3.63, 3.8) is 0 Å². The molecule has 10 nitrogen and oxygen atoms in total. The molecule has 0 aromatic carbocycles. The molecule has 5 aliphatic rings. The zero-order valence-electron chi connectivity index (χ0n) is 28.8. The molecule has 0 spiro atoms. The fourth-order valence-electron chi connectivity index (χ4n) is 11.0. The SMILES string of the molecule is CC(C)[C@H](C)[C@@H](O)[C@@H](O)[C@@H](C)[C@H]1CC[C@H]2C3=C(CC[C@]12C)[C@@]1(C)CC[C@H](O[C@@H]2O[C@H](CO)[C@@H](O)[C@H](O)[C@H]2O)[C@](C)(C(=O)O)[C@@H]1CC3. The van der Waals surface area contributed by atoms with Crippen molar-refractivity contribution in [1.29, 1.82) is 0 Å². The summed E-state index contributed by atoms with van der Waals surface area (Å²) >= 11 is 0. The summed E-state index contributed by atoms with van der Waals surface area (Å²) in [6.07, 6.45) is -3.07. The highest BCUT2D eigenvalue weighted by atomic mass is 16.7. The van der Waals surface area contributed by atoms with Gasteiger partial charge in [0.15, 0.2) is 6.29 Å². The Kier molecular flexibility index (Phi) is 10.2. The summed E-state index contributed by atoms with van der Waals surface area (Å²) in [6.45, 7) is 14.0. The molecule has 0 unspecified atom stereocenters. The average Bonchev–Trinajstić information content (AvgIpc) is 3.37. The number of carbonyl (C=O) groups is 1. The van der Waals surface area contributed by atoms with Crippen LogP contribution in [0.2, 0.25) is 0 Å². The van der Waals surface area contributed by atoms with Crippen LogP contribution in [0.4, 0.5) is 0 Å². The lowest BCUT2D eigenvalue weighted by molar-refractivity contribution is -0.325. The molecule has 0 amide bonds. The molecule has 0 aromatic rings. The number of ether oxygens (including phenoxy) is 2. The van der Waals surface area contributed by atoms with Crippen LogP contribution in [0.3, 0.4) is 0 Å². The van der Waals surface area contributed by atoms with Crippen molar-refractivity contribution >= 4 is 5.97 Å². The van der Waals surface area contributed by atoms with E-state index in [1.54, 1.807) is 6.92 Å². The minimum atomic E-state index is -1.60. The van der Waals surface area contributed by atoms with E-state index in [4.69, 9.17) is 9.47 Å². The Balaban J connectivity index is 1.39. The summed E-state index contributed by atoms with van der Waals surface area (Å²) in [5.74, 6) is -0.306. The van der Waals surface area contributed by atoms with Gasteiger partial charge in [0.25, 0.3) is 0 Å². The number of aliphatic hydroxyl groups is 6. The number of carboxylic acid groups (broad SMARTS) is 1. The van der Waals surface area contributed by atoms with Crippen molar-refractivity contribution in [3.8, 4) is 0 Å². The molecule has 7 N–H and O–H groups in total. The van der Waals surface area contributed by atoms with Gasteiger partial charge in [0.2, 0.25) is 0 Å². The molecule has 0 aromatic heterocycles. The van der Waals surface area contributed by atoms with E-state index in [0.29, 0.717) is 25.2 Å². The van der Waals surface area contributed by atoms with E-state index < -0.39 is 67.0 Å². The van der Waals surface area contributed by atoms with Gasteiger partial charge in [0.1, 0.15) is 24.4 Å². The first kappa shape index (κ1) is 36.2. The smallest absolute Gasteiger partial charge is 0.312 e. The number of allylic oxidation sites excluding steroid dienone is 2. The van der Waals surface area contributed by atoms with Crippen molar-refractivity contribution in [3.05, 3.63) is 11.1 Å². The third-order valence-electron chi connectivity index (χ3n) is 14.3. The molecular formula is C36H60O10. The summed E-state index contributed by atoms with van der Waals surface area (Å²) < 4.78 is 11.8. The lowest BCUT2D eigenvalue weighted by atomic mass is 9.45. The predicted molar refractivity (Wildman–Crippen MR) is 170 cm³/mol. The molecule has 1 aliphatic heterocycles. The minimum absolute atomic E-state index is 0.00158. The normalized spacial score (nSPS) is 47.0. The fraction of sp³-hybridized carbons (Fsp3) is 0.917. The van der Waals surface area contributed by atoms with Gasteiger partial charge in [0, 0.05) is 0 Å². The largest absolute Gasteiger partial charge is 0.481 e. The van der Waals surface area contributed by atoms with Crippen LogP contribution in [0.5, 0.6) is 0 Å². The van der Waals surface area contributed by atoms with Gasteiger partial charge in [-0.2, -0.15) is 0 Å². The Bertz CT molecular complexity index is 1160. The summed E-state index contributed by atoms with van der Waals surface area (Å²) in [6, 6.07) is 0. The predicted octanol–water partition coefficient (Wildman–Crippen LogP) is 3.25. The lowest BCUT2D eigenvalue weighted by Crippen LogP contribution is -2.63.